The van der Waals surface area contributed by atoms with Gasteiger partial charge in [-0.05, 0) is 53.7 Å². The Hall–Kier alpha value is -1.55. The summed E-state index contributed by atoms with van der Waals surface area (Å²) in [5, 5.41) is 0. The Morgan fingerprint density at radius 3 is 2.39 bits per heavy atom. The average molecular weight is 436 g/mol. The Morgan fingerprint density at radius 1 is 1.06 bits per heavy atom. The molecule has 0 aliphatic carbocycles. The van der Waals surface area contributed by atoms with Crippen LogP contribution in [0.1, 0.15) is 41.5 Å². The molecule has 0 unspecified atom stereocenters. The lowest BCUT2D eigenvalue weighted by Gasteiger charge is -2.30. The first-order chi connectivity index (χ1) is 14.6. The highest BCUT2D eigenvalue weighted by atomic mass is 16.8. The van der Waals surface area contributed by atoms with Crippen molar-refractivity contribution in [3.8, 4) is 0 Å². The number of rotatable bonds is 6. The van der Waals surface area contributed by atoms with Crippen LogP contribution >= 0.6 is 0 Å². The summed E-state index contributed by atoms with van der Waals surface area (Å²) in [5.74, 6) is -1.62. The minimum atomic E-state index is -0.785. The lowest BCUT2D eigenvalue weighted by molar-refractivity contribution is -0.235. The van der Waals surface area contributed by atoms with Crippen molar-refractivity contribution in [2.75, 3.05) is 18.1 Å². The zero-order chi connectivity index (χ0) is 22.4. The Labute approximate surface area is 183 Å². The summed E-state index contributed by atoms with van der Waals surface area (Å²) in [6.07, 6.45) is -2.37. The number of anilines is 1. The normalized spacial score (nSPS) is 33.6. The number of benzene rings is 1. The number of para-hydroxylation sites is 1. The van der Waals surface area contributed by atoms with Crippen molar-refractivity contribution < 1.29 is 33.2 Å². The molecule has 0 N–H and O–H groups in total. The zero-order valence-electron chi connectivity index (χ0n) is 19.1. The maximum absolute atomic E-state index is 13.1. The monoisotopic (exact) mass is 435 g/mol. The van der Waals surface area contributed by atoms with Crippen molar-refractivity contribution >= 4 is 11.6 Å². The van der Waals surface area contributed by atoms with Gasteiger partial charge in [0.1, 0.15) is 31.0 Å². The highest BCUT2D eigenvalue weighted by molar-refractivity contribution is 5.94. The summed E-state index contributed by atoms with van der Waals surface area (Å²) < 4.78 is 36.0. The molecule has 0 bridgehead atoms. The minimum absolute atomic E-state index is 0.0146. The molecule has 0 saturated carbocycles. The van der Waals surface area contributed by atoms with Gasteiger partial charge in [0.2, 0.25) is 0 Å². The molecule has 172 valence electrons. The van der Waals surface area contributed by atoms with Gasteiger partial charge in [-0.1, -0.05) is 18.2 Å². The Bertz CT molecular complexity index is 781. The van der Waals surface area contributed by atoms with Crippen molar-refractivity contribution in [1.29, 1.82) is 0 Å². The second kappa shape index (κ2) is 8.42. The number of fused-ring (bicyclic) bond motifs is 1. The van der Waals surface area contributed by atoms with E-state index in [4.69, 9.17) is 28.4 Å². The standard InChI is InChI=1S/C23H33NO7/c1-14(2)24(15-10-8-7-9-11-15)17(25)13-26-19-18(16-12-27-22(3,4)29-16)28-21-20(19)30-23(5,6)31-21/h7-11,14,16,18-21H,12-13H2,1-6H3/t16-,18-,19+,20-,21-/m0/s1. The van der Waals surface area contributed by atoms with E-state index >= 15 is 0 Å². The van der Waals surface area contributed by atoms with Crippen LogP contribution < -0.4 is 4.90 Å². The molecule has 1 aromatic carbocycles. The zero-order valence-corrected chi connectivity index (χ0v) is 19.1. The molecular weight excluding hydrogens is 402 g/mol. The first-order valence-electron chi connectivity index (χ1n) is 10.9. The number of amides is 1. The number of carbonyl (C=O) groups excluding carboxylic acids is 1. The Balaban J connectivity index is 1.49. The van der Waals surface area contributed by atoms with E-state index < -0.39 is 36.2 Å². The van der Waals surface area contributed by atoms with Crippen molar-refractivity contribution in [2.45, 2.75) is 89.9 Å². The van der Waals surface area contributed by atoms with Crippen LogP contribution in [0.25, 0.3) is 0 Å². The summed E-state index contributed by atoms with van der Waals surface area (Å²) in [5.41, 5.74) is 0.832. The van der Waals surface area contributed by atoms with Gasteiger partial charge >= 0.3 is 0 Å². The highest BCUT2D eigenvalue weighted by Crippen LogP contribution is 2.42. The summed E-state index contributed by atoms with van der Waals surface area (Å²) in [6, 6.07) is 9.56. The van der Waals surface area contributed by atoms with Crippen LogP contribution in [0.3, 0.4) is 0 Å². The molecule has 8 nitrogen and oxygen atoms in total. The number of nitrogens with zero attached hydrogens (tertiary/aromatic N) is 1. The maximum Gasteiger partial charge on any atom is 0.253 e. The molecule has 0 aromatic heterocycles. The van der Waals surface area contributed by atoms with E-state index in [1.165, 1.54) is 0 Å². The lowest BCUT2D eigenvalue weighted by Crippen LogP contribution is -2.46. The predicted octanol–water partition coefficient (Wildman–Crippen LogP) is 2.84. The van der Waals surface area contributed by atoms with Gasteiger partial charge in [-0.15, -0.1) is 0 Å². The number of hydrogen-bond acceptors (Lipinski definition) is 7. The van der Waals surface area contributed by atoms with Crippen LogP contribution in [0, 0.1) is 0 Å². The van der Waals surface area contributed by atoms with Crippen LogP contribution in [0.4, 0.5) is 5.69 Å². The van der Waals surface area contributed by atoms with Crippen molar-refractivity contribution in [2.24, 2.45) is 0 Å². The fourth-order valence-electron chi connectivity index (χ4n) is 4.43. The molecule has 5 atom stereocenters. The topological polar surface area (TPSA) is 75.7 Å². The van der Waals surface area contributed by atoms with Crippen LogP contribution in [-0.2, 0) is 33.2 Å². The molecule has 0 radical (unpaired) electrons. The summed E-state index contributed by atoms with van der Waals surface area (Å²) in [7, 11) is 0. The van der Waals surface area contributed by atoms with Gasteiger partial charge in [0.05, 0.1) is 6.61 Å². The second-order valence-electron chi connectivity index (χ2n) is 9.41. The van der Waals surface area contributed by atoms with Crippen molar-refractivity contribution in [1.82, 2.24) is 0 Å². The Morgan fingerprint density at radius 2 is 1.77 bits per heavy atom. The SMILES string of the molecule is CC(C)N(C(=O)CO[C@H]1[C@@H]2OC(C)(C)O[C@@H]2O[C@H]1[C@@H]1COC(C)(C)O1)c1ccccc1. The molecule has 0 spiro atoms. The predicted molar refractivity (Wildman–Crippen MR) is 112 cm³/mol. The molecule has 3 heterocycles. The van der Waals surface area contributed by atoms with E-state index in [1.807, 2.05) is 71.9 Å². The third-order valence-corrected chi connectivity index (χ3v) is 5.64. The quantitative estimate of drug-likeness (QED) is 0.680. The number of carbonyl (C=O) groups is 1. The van der Waals surface area contributed by atoms with Crippen molar-refractivity contribution in [3.05, 3.63) is 30.3 Å². The van der Waals surface area contributed by atoms with Gasteiger partial charge in [0, 0.05) is 11.7 Å². The summed E-state index contributed by atoms with van der Waals surface area (Å²) in [6.45, 7) is 11.6. The van der Waals surface area contributed by atoms with Gasteiger partial charge in [0.15, 0.2) is 17.9 Å². The third kappa shape index (κ3) is 4.79. The van der Waals surface area contributed by atoms with E-state index in [1.54, 1.807) is 4.90 Å². The van der Waals surface area contributed by atoms with Gasteiger partial charge in [-0.2, -0.15) is 0 Å². The fourth-order valence-corrected chi connectivity index (χ4v) is 4.43. The molecule has 3 aliphatic rings. The van der Waals surface area contributed by atoms with E-state index in [0.29, 0.717) is 6.61 Å². The minimum Gasteiger partial charge on any atom is -0.363 e. The molecule has 4 rings (SSSR count). The fraction of sp³-hybridized carbons (Fsp3) is 0.696. The van der Waals surface area contributed by atoms with Gasteiger partial charge in [0.25, 0.3) is 5.91 Å². The smallest absolute Gasteiger partial charge is 0.253 e. The molecule has 1 amide bonds. The summed E-state index contributed by atoms with van der Waals surface area (Å²) in [4.78, 5) is 14.9. The molecule has 8 heteroatoms. The van der Waals surface area contributed by atoms with E-state index in [2.05, 4.69) is 0 Å². The lowest BCUT2D eigenvalue weighted by atomic mass is 10.1. The van der Waals surface area contributed by atoms with Crippen LogP contribution in [0.2, 0.25) is 0 Å². The molecular formula is C23H33NO7. The first-order valence-corrected chi connectivity index (χ1v) is 10.9. The highest BCUT2D eigenvalue weighted by Gasteiger charge is 2.59. The first kappa shape index (κ1) is 22.6. The second-order valence-corrected chi connectivity index (χ2v) is 9.41. The van der Waals surface area contributed by atoms with Crippen LogP contribution in [0.5, 0.6) is 0 Å². The van der Waals surface area contributed by atoms with Crippen LogP contribution in [-0.4, -0.2) is 67.4 Å². The van der Waals surface area contributed by atoms with E-state index in [-0.39, 0.29) is 24.7 Å². The van der Waals surface area contributed by atoms with Gasteiger partial charge < -0.3 is 33.3 Å². The Kier molecular flexibility index (Phi) is 6.15. The van der Waals surface area contributed by atoms with Crippen LogP contribution in [0.15, 0.2) is 30.3 Å². The maximum atomic E-state index is 13.1. The summed E-state index contributed by atoms with van der Waals surface area (Å²) >= 11 is 0. The largest absolute Gasteiger partial charge is 0.363 e. The molecule has 3 fully saturated rings. The molecule has 3 aliphatic heterocycles. The van der Waals surface area contributed by atoms with Gasteiger partial charge in [-0.25, -0.2) is 0 Å². The third-order valence-electron chi connectivity index (χ3n) is 5.64. The number of ether oxygens (including phenoxy) is 6. The van der Waals surface area contributed by atoms with Gasteiger partial charge in [-0.3, -0.25) is 4.79 Å². The average Bonchev–Trinajstić information content (AvgIpc) is 3.29. The molecule has 1 aromatic rings. The van der Waals surface area contributed by atoms with Crippen molar-refractivity contribution in [3.63, 3.8) is 0 Å². The molecule has 3 saturated heterocycles. The van der Waals surface area contributed by atoms with E-state index in [9.17, 15) is 4.79 Å². The molecule has 31 heavy (non-hydrogen) atoms. The van der Waals surface area contributed by atoms with E-state index in [0.717, 1.165) is 5.69 Å². The number of hydrogen-bond donors (Lipinski definition) is 0.